The molecule has 1 aromatic heterocycles. The molecule has 0 radical (unpaired) electrons. The van der Waals surface area contributed by atoms with Gasteiger partial charge in [-0.3, -0.25) is 4.79 Å². The van der Waals surface area contributed by atoms with Crippen LogP contribution in [0, 0.1) is 0 Å². The van der Waals surface area contributed by atoms with Gasteiger partial charge in [0.1, 0.15) is 17.1 Å². The number of carbonyl (C=O) groups is 1. The van der Waals surface area contributed by atoms with E-state index in [9.17, 15) is 9.90 Å². The van der Waals surface area contributed by atoms with Gasteiger partial charge in [-0.15, -0.1) is 0 Å². The fourth-order valence-electron chi connectivity index (χ4n) is 2.00. The number of aromatic hydroxyl groups is 1. The number of nitrogens with one attached hydrogen (secondary N) is 1. The van der Waals surface area contributed by atoms with Crippen molar-refractivity contribution in [1.29, 1.82) is 0 Å². The molecule has 0 aliphatic carbocycles. The summed E-state index contributed by atoms with van der Waals surface area (Å²) in [5, 5.41) is 12.7. The largest absolute Gasteiger partial charge is 0.508 e. The Hall–Kier alpha value is -2.95. The number of furan rings is 1. The molecule has 3 aromatic rings. The van der Waals surface area contributed by atoms with E-state index in [0.717, 1.165) is 5.39 Å². The van der Waals surface area contributed by atoms with E-state index in [-0.39, 0.29) is 17.4 Å². The smallest absolute Gasteiger partial charge is 0.291 e. The molecule has 0 aliphatic rings. The molecule has 106 valence electrons. The van der Waals surface area contributed by atoms with Gasteiger partial charge in [-0.1, -0.05) is 0 Å². The van der Waals surface area contributed by atoms with Gasteiger partial charge in [0.25, 0.3) is 5.91 Å². The minimum Gasteiger partial charge on any atom is -0.508 e. The lowest BCUT2D eigenvalue weighted by atomic mass is 10.2. The first-order chi connectivity index (χ1) is 10.2. The zero-order valence-electron chi connectivity index (χ0n) is 11.3. The van der Waals surface area contributed by atoms with Crippen LogP contribution >= 0.6 is 0 Å². The van der Waals surface area contributed by atoms with Crippen molar-refractivity contribution in [3.05, 3.63) is 54.3 Å². The van der Waals surface area contributed by atoms with Crippen molar-refractivity contribution < 1.29 is 19.1 Å². The number of anilines is 1. The summed E-state index contributed by atoms with van der Waals surface area (Å²) < 4.78 is 10.6. The summed E-state index contributed by atoms with van der Waals surface area (Å²) in [6.45, 7) is 0. The maximum atomic E-state index is 12.1. The number of rotatable bonds is 3. The quantitative estimate of drug-likeness (QED) is 0.723. The molecule has 5 heteroatoms. The second kappa shape index (κ2) is 5.20. The topological polar surface area (TPSA) is 71.7 Å². The maximum Gasteiger partial charge on any atom is 0.291 e. The van der Waals surface area contributed by atoms with Crippen molar-refractivity contribution in [2.75, 3.05) is 12.4 Å². The molecule has 0 unspecified atom stereocenters. The molecular weight excluding hydrogens is 270 g/mol. The van der Waals surface area contributed by atoms with Gasteiger partial charge in [0.15, 0.2) is 5.76 Å². The molecule has 0 saturated carbocycles. The molecule has 1 heterocycles. The minimum atomic E-state index is -0.351. The summed E-state index contributed by atoms with van der Waals surface area (Å²) >= 11 is 0. The Labute approximate surface area is 120 Å². The maximum absolute atomic E-state index is 12.1. The fraction of sp³-hybridized carbons (Fsp3) is 0.0625. The molecule has 0 fully saturated rings. The van der Waals surface area contributed by atoms with E-state index in [4.69, 9.17) is 9.15 Å². The number of fused-ring (bicyclic) bond motifs is 1. The molecule has 3 rings (SSSR count). The van der Waals surface area contributed by atoms with Gasteiger partial charge in [0.2, 0.25) is 0 Å². The van der Waals surface area contributed by atoms with Crippen LogP contribution in [0.5, 0.6) is 11.5 Å². The molecule has 0 atom stereocenters. The van der Waals surface area contributed by atoms with Crippen molar-refractivity contribution >= 4 is 22.6 Å². The number of phenols is 1. The van der Waals surface area contributed by atoms with Crippen LogP contribution in [0.4, 0.5) is 5.69 Å². The third-order valence-electron chi connectivity index (χ3n) is 3.07. The number of carbonyl (C=O) groups excluding carboxylic acids is 1. The summed E-state index contributed by atoms with van der Waals surface area (Å²) in [5.41, 5.74) is 1.20. The van der Waals surface area contributed by atoms with Crippen LogP contribution in [0.1, 0.15) is 10.6 Å². The number of hydrogen-bond acceptors (Lipinski definition) is 4. The number of amides is 1. The fourth-order valence-corrected chi connectivity index (χ4v) is 2.00. The van der Waals surface area contributed by atoms with Crippen LogP contribution in [0.3, 0.4) is 0 Å². The summed E-state index contributed by atoms with van der Waals surface area (Å²) in [6.07, 6.45) is 0. The van der Waals surface area contributed by atoms with Gasteiger partial charge >= 0.3 is 0 Å². The molecule has 0 aliphatic heterocycles. The molecule has 0 bridgehead atoms. The Morgan fingerprint density at radius 2 is 1.90 bits per heavy atom. The van der Waals surface area contributed by atoms with Crippen molar-refractivity contribution in [2.24, 2.45) is 0 Å². The zero-order chi connectivity index (χ0) is 14.8. The molecule has 0 spiro atoms. The number of ether oxygens (including phenoxy) is 1. The number of benzene rings is 2. The van der Waals surface area contributed by atoms with Crippen molar-refractivity contribution in [2.45, 2.75) is 0 Å². The van der Waals surface area contributed by atoms with Crippen LogP contribution in [0.15, 0.2) is 52.9 Å². The van der Waals surface area contributed by atoms with E-state index < -0.39 is 0 Å². The predicted molar refractivity (Wildman–Crippen MR) is 78.8 cm³/mol. The van der Waals surface area contributed by atoms with Crippen LogP contribution in [-0.4, -0.2) is 18.1 Å². The van der Waals surface area contributed by atoms with Gasteiger partial charge in [-0.2, -0.15) is 0 Å². The Balaban J connectivity index is 1.85. The van der Waals surface area contributed by atoms with Gasteiger partial charge in [0, 0.05) is 11.1 Å². The summed E-state index contributed by atoms with van der Waals surface area (Å²) in [5.74, 6) is 0.708. The first-order valence-electron chi connectivity index (χ1n) is 6.34. The number of hydrogen-bond donors (Lipinski definition) is 2. The van der Waals surface area contributed by atoms with Crippen molar-refractivity contribution in [3.63, 3.8) is 0 Å². The first kappa shape index (κ1) is 13.1. The van der Waals surface area contributed by atoms with Crippen molar-refractivity contribution in [3.8, 4) is 11.5 Å². The number of methoxy groups -OCH3 is 1. The Bertz CT molecular complexity index is 790. The zero-order valence-corrected chi connectivity index (χ0v) is 11.3. The van der Waals surface area contributed by atoms with Gasteiger partial charge in [-0.05, 0) is 48.5 Å². The SMILES string of the molecule is COc1ccc2oc(C(=O)Nc3ccc(O)cc3)cc2c1. The van der Waals surface area contributed by atoms with Gasteiger partial charge < -0.3 is 19.6 Å². The highest BCUT2D eigenvalue weighted by atomic mass is 16.5. The molecular formula is C16H13NO4. The minimum absolute atomic E-state index is 0.142. The lowest BCUT2D eigenvalue weighted by Crippen LogP contribution is -2.10. The first-order valence-corrected chi connectivity index (χ1v) is 6.34. The summed E-state index contributed by atoms with van der Waals surface area (Å²) in [7, 11) is 1.58. The second-order valence-electron chi connectivity index (χ2n) is 4.52. The van der Waals surface area contributed by atoms with Crippen LogP contribution in [0.2, 0.25) is 0 Å². The second-order valence-corrected chi connectivity index (χ2v) is 4.52. The van der Waals surface area contributed by atoms with E-state index in [1.807, 2.05) is 0 Å². The molecule has 2 N–H and O–H groups in total. The third kappa shape index (κ3) is 2.67. The van der Waals surface area contributed by atoms with Gasteiger partial charge in [-0.25, -0.2) is 0 Å². The van der Waals surface area contributed by atoms with Crippen LogP contribution in [0.25, 0.3) is 11.0 Å². The van der Waals surface area contributed by atoms with Crippen molar-refractivity contribution in [1.82, 2.24) is 0 Å². The Morgan fingerprint density at radius 3 is 2.62 bits per heavy atom. The van der Waals surface area contributed by atoms with Gasteiger partial charge in [0.05, 0.1) is 7.11 Å². The highest BCUT2D eigenvalue weighted by Crippen LogP contribution is 2.25. The predicted octanol–water partition coefficient (Wildman–Crippen LogP) is 3.40. The normalized spacial score (nSPS) is 10.5. The highest BCUT2D eigenvalue weighted by molar-refractivity contribution is 6.04. The highest BCUT2D eigenvalue weighted by Gasteiger charge is 2.13. The Kier molecular flexibility index (Phi) is 3.23. The molecule has 21 heavy (non-hydrogen) atoms. The van der Waals surface area contributed by atoms with E-state index in [1.165, 1.54) is 12.1 Å². The standard InChI is InChI=1S/C16H13NO4/c1-20-13-6-7-14-10(8-13)9-15(21-14)16(19)17-11-2-4-12(18)5-3-11/h2-9,18H,1H3,(H,17,19). The monoisotopic (exact) mass is 283 g/mol. The lowest BCUT2D eigenvalue weighted by molar-refractivity contribution is 0.0998. The third-order valence-corrected chi connectivity index (χ3v) is 3.07. The molecule has 5 nitrogen and oxygen atoms in total. The summed E-state index contributed by atoms with van der Waals surface area (Å²) in [6, 6.07) is 13.2. The van der Waals surface area contributed by atoms with Crippen LogP contribution in [-0.2, 0) is 0 Å². The molecule has 0 saturated heterocycles. The lowest BCUT2D eigenvalue weighted by Gasteiger charge is -2.02. The summed E-state index contributed by atoms with van der Waals surface area (Å²) in [4.78, 5) is 12.1. The van der Waals surface area contributed by atoms with E-state index in [2.05, 4.69) is 5.32 Å². The molecule has 2 aromatic carbocycles. The van der Waals surface area contributed by atoms with E-state index in [1.54, 1.807) is 43.5 Å². The Morgan fingerprint density at radius 1 is 1.14 bits per heavy atom. The van der Waals surface area contributed by atoms with Crippen LogP contribution < -0.4 is 10.1 Å². The molecule has 1 amide bonds. The average molecular weight is 283 g/mol. The van der Waals surface area contributed by atoms with E-state index in [0.29, 0.717) is 17.0 Å². The van der Waals surface area contributed by atoms with E-state index >= 15 is 0 Å². The number of phenolic OH excluding ortho intramolecular Hbond substituents is 1. The average Bonchev–Trinajstić information content (AvgIpc) is 2.92.